The van der Waals surface area contributed by atoms with E-state index in [0.717, 1.165) is 0 Å². The van der Waals surface area contributed by atoms with Gasteiger partial charge >= 0.3 is 5.97 Å². The van der Waals surface area contributed by atoms with Crippen molar-refractivity contribution in [2.75, 3.05) is 12.4 Å². The summed E-state index contributed by atoms with van der Waals surface area (Å²) in [7, 11) is 1.48. The second-order valence-corrected chi connectivity index (χ2v) is 6.51. The Kier molecular flexibility index (Phi) is 7.07. The highest BCUT2D eigenvalue weighted by molar-refractivity contribution is 6.31. The number of carbonyl (C=O) groups excluding carboxylic acids is 2. The Morgan fingerprint density at radius 1 is 1.04 bits per heavy atom. The number of hydrogen-bond donors (Lipinski definition) is 1. The first kappa shape index (κ1) is 20.6. The minimum atomic E-state index is -1.01. The van der Waals surface area contributed by atoms with E-state index in [1.54, 1.807) is 42.5 Å². The smallest absolute Gasteiger partial charge is 0.338 e. The maximum absolute atomic E-state index is 12.3. The molecular formula is C20H22ClNO5. The fourth-order valence-electron chi connectivity index (χ4n) is 2.24. The minimum Gasteiger partial charge on any atom is -0.495 e. The van der Waals surface area contributed by atoms with E-state index in [1.807, 2.05) is 13.8 Å². The van der Waals surface area contributed by atoms with Crippen LogP contribution in [-0.2, 0) is 9.53 Å². The Morgan fingerprint density at radius 3 is 2.30 bits per heavy atom. The lowest BCUT2D eigenvalue weighted by atomic mass is 10.2. The van der Waals surface area contributed by atoms with Gasteiger partial charge in [-0.15, -0.1) is 0 Å². The highest BCUT2D eigenvalue weighted by atomic mass is 35.5. The third-order valence-corrected chi connectivity index (χ3v) is 3.77. The summed E-state index contributed by atoms with van der Waals surface area (Å²) in [5.41, 5.74) is 0.721. The van der Waals surface area contributed by atoms with Crippen LogP contribution in [0.1, 0.15) is 31.1 Å². The van der Waals surface area contributed by atoms with E-state index in [-0.39, 0.29) is 6.10 Å². The molecule has 6 nitrogen and oxygen atoms in total. The molecule has 1 amide bonds. The van der Waals surface area contributed by atoms with E-state index >= 15 is 0 Å². The molecular weight excluding hydrogens is 370 g/mol. The van der Waals surface area contributed by atoms with Gasteiger partial charge in [0.2, 0.25) is 0 Å². The van der Waals surface area contributed by atoms with Crippen molar-refractivity contribution in [3.05, 3.63) is 53.1 Å². The van der Waals surface area contributed by atoms with Crippen LogP contribution in [0, 0.1) is 0 Å². The lowest BCUT2D eigenvalue weighted by Crippen LogP contribution is -2.30. The summed E-state index contributed by atoms with van der Waals surface area (Å²) in [5.74, 6) is 0.00268. The number of ether oxygens (including phenoxy) is 3. The number of benzene rings is 2. The summed E-state index contributed by atoms with van der Waals surface area (Å²) < 4.78 is 15.9. The molecule has 0 bridgehead atoms. The average Bonchev–Trinajstić information content (AvgIpc) is 2.61. The van der Waals surface area contributed by atoms with Gasteiger partial charge in [0.05, 0.1) is 24.5 Å². The van der Waals surface area contributed by atoms with Gasteiger partial charge < -0.3 is 19.5 Å². The molecule has 1 N–H and O–H groups in total. The van der Waals surface area contributed by atoms with Gasteiger partial charge in [-0.2, -0.15) is 0 Å². The first-order valence-corrected chi connectivity index (χ1v) is 8.80. The van der Waals surface area contributed by atoms with Crippen molar-refractivity contribution >= 4 is 29.2 Å². The number of carbonyl (C=O) groups is 2. The molecule has 0 aliphatic carbocycles. The third kappa shape index (κ3) is 5.89. The monoisotopic (exact) mass is 391 g/mol. The summed E-state index contributed by atoms with van der Waals surface area (Å²) in [4.78, 5) is 24.6. The molecule has 27 heavy (non-hydrogen) atoms. The van der Waals surface area contributed by atoms with Crippen LogP contribution in [0.3, 0.4) is 0 Å². The second-order valence-electron chi connectivity index (χ2n) is 6.07. The fourth-order valence-corrected chi connectivity index (χ4v) is 2.41. The molecule has 0 aromatic heterocycles. The van der Waals surface area contributed by atoms with Crippen molar-refractivity contribution in [1.29, 1.82) is 0 Å². The summed E-state index contributed by atoms with van der Waals surface area (Å²) in [6.45, 7) is 5.31. The molecule has 2 rings (SSSR count). The topological polar surface area (TPSA) is 73.9 Å². The second kappa shape index (κ2) is 9.28. The molecule has 2 aromatic carbocycles. The molecule has 0 aliphatic rings. The van der Waals surface area contributed by atoms with Gasteiger partial charge in [0.15, 0.2) is 6.10 Å². The quantitative estimate of drug-likeness (QED) is 0.711. The highest BCUT2D eigenvalue weighted by Gasteiger charge is 2.20. The van der Waals surface area contributed by atoms with Crippen LogP contribution in [0.25, 0.3) is 0 Å². The zero-order valence-corrected chi connectivity index (χ0v) is 16.4. The summed E-state index contributed by atoms with van der Waals surface area (Å²) in [5, 5.41) is 3.09. The molecule has 0 unspecified atom stereocenters. The van der Waals surface area contributed by atoms with Crippen molar-refractivity contribution in [3.63, 3.8) is 0 Å². The van der Waals surface area contributed by atoms with Crippen molar-refractivity contribution in [1.82, 2.24) is 0 Å². The van der Waals surface area contributed by atoms with E-state index in [2.05, 4.69) is 5.32 Å². The van der Waals surface area contributed by atoms with Crippen LogP contribution >= 0.6 is 11.6 Å². The summed E-state index contributed by atoms with van der Waals surface area (Å²) >= 11 is 5.94. The summed E-state index contributed by atoms with van der Waals surface area (Å²) in [6.07, 6.45) is -0.970. The van der Waals surface area contributed by atoms with Crippen molar-refractivity contribution < 1.29 is 23.8 Å². The molecule has 0 fully saturated rings. The van der Waals surface area contributed by atoms with Crippen LogP contribution in [0.15, 0.2) is 42.5 Å². The number of hydrogen-bond acceptors (Lipinski definition) is 5. The number of rotatable bonds is 7. The first-order chi connectivity index (χ1) is 12.8. The van der Waals surface area contributed by atoms with E-state index < -0.39 is 18.0 Å². The molecule has 7 heteroatoms. The first-order valence-electron chi connectivity index (χ1n) is 8.42. The standard InChI is InChI=1S/C20H22ClNO5/c1-12(2)26-16-8-5-14(6-9-16)20(24)27-13(3)19(23)22-17-11-15(21)7-10-18(17)25-4/h5-13H,1-4H3,(H,22,23)/t13-/m0/s1. The van der Waals surface area contributed by atoms with E-state index in [9.17, 15) is 9.59 Å². The third-order valence-electron chi connectivity index (χ3n) is 3.53. The molecule has 1 atom stereocenters. The maximum Gasteiger partial charge on any atom is 0.338 e. The SMILES string of the molecule is COc1ccc(Cl)cc1NC(=O)[C@H](C)OC(=O)c1ccc(OC(C)C)cc1. The maximum atomic E-state index is 12.3. The Bertz CT molecular complexity index is 805. The molecule has 144 valence electrons. The van der Waals surface area contributed by atoms with Crippen LogP contribution in [-0.4, -0.2) is 31.2 Å². The predicted octanol–water partition coefficient (Wildman–Crippen LogP) is 4.32. The van der Waals surface area contributed by atoms with Gasteiger partial charge in [0, 0.05) is 5.02 Å². The number of nitrogens with one attached hydrogen (secondary N) is 1. The van der Waals surface area contributed by atoms with E-state index in [4.69, 9.17) is 25.8 Å². The molecule has 0 saturated carbocycles. The lowest BCUT2D eigenvalue weighted by Gasteiger charge is -2.15. The largest absolute Gasteiger partial charge is 0.495 e. The van der Waals surface area contributed by atoms with E-state index in [0.29, 0.717) is 27.8 Å². The van der Waals surface area contributed by atoms with Gasteiger partial charge in [-0.1, -0.05) is 11.6 Å². The Balaban J connectivity index is 1.99. The number of amides is 1. The molecule has 2 aromatic rings. The Labute approximate surface area is 163 Å². The van der Waals surface area contributed by atoms with Crippen molar-refractivity contribution in [2.24, 2.45) is 0 Å². The fraction of sp³-hybridized carbons (Fsp3) is 0.300. The van der Waals surface area contributed by atoms with Crippen LogP contribution in [0.5, 0.6) is 11.5 Å². The van der Waals surface area contributed by atoms with Gasteiger partial charge in [-0.05, 0) is 63.2 Å². The molecule has 0 aliphatic heterocycles. The molecule has 0 saturated heterocycles. The van der Waals surface area contributed by atoms with Gasteiger partial charge in [-0.3, -0.25) is 4.79 Å². The van der Waals surface area contributed by atoms with Crippen LogP contribution in [0.4, 0.5) is 5.69 Å². The van der Waals surface area contributed by atoms with Crippen LogP contribution in [0.2, 0.25) is 5.02 Å². The Morgan fingerprint density at radius 2 is 1.70 bits per heavy atom. The highest BCUT2D eigenvalue weighted by Crippen LogP contribution is 2.28. The molecule has 0 radical (unpaired) electrons. The molecule has 0 spiro atoms. The summed E-state index contributed by atoms with van der Waals surface area (Å²) in [6, 6.07) is 11.4. The zero-order chi connectivity index (χ0) is 20.0. The van der Waals surface area contributed by atoms with E-state index in [1.165, 1.54) is 14.0 Å². The minimum absolute atomic E-state index is 0.0370. The number of methoxy groups -OCH3 is 1. The average molecular weight is 392 g/mol. The Hall–Kier alpha value is -2.73. The van der Waals surface area contributed by atoms with Gasteiger partial charge in [0.25, 0.3) is 5.91 Å². The van der Waals surface area contributed by atoms with Gasteiger partial charge in [0.1, 0.15) is 11.5 Å². The number of esters is 1. The predicted molar refractivity (Wildman–Crippen MR) is 104 cm³/mol. The number of halogens is 1. The lowest BCUT2D eigenvalue weighted by molar-refractivity contribution is -0.123. The van der Waals surface area contributed by atoms with Gasteiger partial charge in [-0.25, -0.2) is 4.79 Å². The zero-order valence-electron chi connectivity index (χ0n) is 15.6. The normalized spacial score (nSPS) is 11.6. The van der Waals surface area contributed by atoms with Crippen molar-refractivity contribution in [3.8, 4) is 11.5 Å². The van der Waals surface area contributed by atoms with Crippen molar-refractivity contribution in [2.45, 2.75) is 33.0 Å². The molecule has 0 heterocycles. The van der Waals surface area contributed by atoms with Crippen LogP contribution < -0.4 is 14.8 Å². The number of anilines is 1.